The van der Waals surface area contributed by atoms with Crippen molar-refractivity contribution in [3.05, 3.63) is 10.1 Å². The predicted molar refractivity (Wildman–Crippen MR) is 68.0 cm³/mol. The summed E-state index contributed by atoms with van der Waals surface area (Å²) in [5.74, 6) is -0.368. The van der Waals surface area contributed by atoms with Crippen LogP contribution in [0.2, 0.25) is 0 Å². The highest BCUT2D eigenvalue weighted by atomic mass is 32.2. The van der Waals surface area contributed by atoms with E-state index in [0.29, 0.717) is 12.2 Å². The van der Waals surface area contributed by atoms with E-state index in [1.54, 1.807) is 0 Å². The second kappa shape index (κ2) is 8.73. The van der Waals surface area contributed by atoms with E-state index >= 15 is 0 Å². The van der Waals surface area contributed by atoms with Gasteiger partial charge in [0.25, 0.3) is 0 Å². The molecule has 1 unspecified atom stereocenters. The van der Waals surface area contributed by atoms with Gasteiger partial charge in [0.05, 0.1) is 13.5 Å². The van der Waals surface area contributed by atoms with Crippen molar-refractivity contribution in [3.8, 4) is 0 Å². The molecule has 0 rings (SSSR count). The number of nitrogens with one attached hydrogen (secondary N) is 1. The summed E-state index contributed by atoms with van der Waals surface area (Å²) in [6.07, 6.45) is 2.07. The van der Waals surface area contributed by atoms with Gasteiger partial charge < -0.3 is 10.1 Å². The second-order valence-electron chi connectivity index (χ2n) is 3.76. The Morgan fingerprint density at radius 1 is 1.50 bits per heavy atom. The lowest BCUT2D eigenvalue weighted by Gasteiger charge is -2.16. The van der Waals surface area contributed by atoms with Crippen LogP contribution < -0.4 is 5.32 Å². The van der Waals surface area contributed by atoms with E-state index < -0.39 is 28.9 Å². The highest BCUT2D eigenvalue weighted by Gasteiger charge is 2.24. The molecular weight excluding hydrogens is 260 g/mol. The lowest BCUT2D eigenvalue weighted by Crippen LogP contribution is -2.43. The van der Waals surface area contributed by atoms with Crippen LogP contribution >= 0.6 is 11.8 Å². The number of carbonyl (C=O) groups is 2. The van der Waals surface area contributed by atoms with Gasteiger partial charge in [-0.3, -0.25) is 14.9 Å². The summed E-state index contributed by atoms with van der Waals surface area (Å²) in [5.41, 5.74) is 0. The van der Waals surface area contributed by atoms with E-state index in [1.807, 2.05) is 6.26 Å². The summed E-state index contributed by atoms with van der Waals surface area (Å²) < 4.78 is 4.57. The number of carbonyl (C=O) groups excluding carboxylic acids is 2. The van der Waals surface area contributed by atoms with E-state index in [2.05, 4.69) is 10.1 Å². The van der Waals surface area contributed by atoms with Crippen LogP contribution in [0.4, 0.5) is 0 Å². The van der Waals surface area contributed by atoms with Gasteiger partial charge in [0, 0.05) is 11.8 Å². The van der Waals surface area contributed by atoms with Crippen LogP contribution in [0.3, 0.4) is 0 Å². The average molecular weight is 278 g/mol. The zero-order valence-electron chi connectivity index (χ0n) is 10.7. The van der Waals surface area contributed by atoms with Gasteiger partial charge in [-0.1, -0.05) is 0 Å². The molecule has 0 aliphatic rings. The number of thioether (sulfide) groups is 1. The van der Waals surface area contributed by atoms with Crippen LogP contribution in [0, 0.1) is 10.1 Å². The molecule has 18 heavy (non-hydrogen) atoms. The van der Waals surface area contributed by atoms with Crippen molar-refractivity contribution in [1.82, 2.24) is 5.32 Å². The third-order valence-corrected chi connectivity index (χ3v) is 2.92. The average Bonchev–Trinajstić information content (AvgIpc) is 2.33. The van der Waals surface area contributed by atoms with Gasteiger partial charge in [-0.05, 0) is 18.4 Å². The number of nitrogens with zero attached hydrogens (tertiary/aromatic N) is 1. The molecule has 2 atom stereocenters. The minimum atomic E-state index is -0.969. The van der Waals surface area contributed by atoms with Crippen molar-refractivity contribution < 1.29 is 19.2 Å². The molecule has 0 saturated heterocycles. The van der Waals surface area contributed by atoms with Crippen LogP contribution in [0.25, 0.3) is 0 Å². The molecule has 104 valence electrons. The van der Waals surface area contributed by atoms with E-state index in [1.165, 1.54) is 25.8 Å². The van der Waals surface area contributed by atoms with Crippen LogP contribution in [-0.4, -0.2) is 48.0 Å². The molecule has 0 aromatic rings. The van der Waals surface area contributed by atoms with Crippen molar-refractivity contribution in [1.29, 1.82) is 0 Å². The van der Waals surface area contributed by atoms with Crippen LogP contribution in [-0.2, 0) is 14.3 Å². The SMILES string of the molecule is COC(=O)[C@H](CCSC)NC(=O)CC(C)[N+](=O)[O-]. The number of esters is 1. The maximum absolute atomic E-state index is 11.5. The highest BCUT2D eigenvalue weighted by molar-refractivity contribution is 7.98. The van der Waals surface area contributed by atoms with Gasteiger partial charge in [0.1, 0.15) is 6.04 Å². The fourth-order valence-electron chi connectivity index (χ4n) is 1.22. The number of methoxy groups -OCH3 is 1. The maximum atomic E-state index is 11.5. The van der Waals surface area contributed by atoms with Crippen molar-refractivity contribution in [2.75, 3.05) is 19.1 Å². The van der Waals surface area contributed by atoms with Crippen molar-refractivity contribution >= 4 is 23.6 Å². The minimum Gasteiger partial charge on any atom is -0.467 e. The summed E-state index contributed by atoms with van der Waals surface area (Å²) >= 11 is 1.54. The van der Waals surface area contributed by atoms with Crippen LogP contribution in [0.1, 0.15) is 19.8 Å². The number of amides is 1. The molecule has 0 radical (unpaired) electrons. The largest absolute Gasteiger partial charge is 0.467 e. The van der Waals surface area contributed by atoms with E-state index in [-0.39, 0.29) is 6.42 Å². The van der Waals surface area contributed by atoms with E-state index in [9.17, 15) is 19.7 Å². The molecule has 0 aliphatic carbocycles. The molecule has 1 N–H and O–H groups in total. The number of rotatable bonds is 8. The number of hydrogen-bond acceptors (Lipinski definition) is 6. The van der Waals surface area contributed by atoms with E-state index in [4.69, 9.17) is 0 Å². The third-order valence-electron chi connectivity index (χ3n) is 2.27. The van der Waals surface area contributed by atoms with Crippen molar-refractivity contribution in [2.24, 2.45) is 0 Å². The Morgan fingerprint density at radius 2 is 2.11 bits per heavy atom. The molecule has 0 saturated carbocycles. The molecule has 0 aromatic heterocycles. The first kappa shape index (κ1) is 16.7. The second-order valence-corrected chi connectivity index (χ2v) is 4.75. The summed E-state index contributed by atoms with van der Waals surface area (Å²) in [4.78, 5) is 32.8. The molecule has 8 heteroatoms. The van der Waals surface area contributed by atoms with Crippen molar-refractivity contribution in [3.63, 3.8) is 0 Å². The summed E-state index contributed by atoms with van der Waals surface area (Å²) in [6.45, 7) is 1.34. The molecule has 0 aromatic carbocycles. The molecule has 1 amide bonds. The minimum absolute atomic E-state index is 0.250. The van der Waals surface area contributed by atoms with Gasteiger partial charge in [-0.25, -0.2) is 4.79 Å². The highest BCUT2D eigenvalue weighted by Crippen LogP contribution is 2.04. The Hall–Kier alpha value is -1.31. The number of ether oxygens (including phenoxy) is 1. The normalized spacial score (nSPS) is 13.5. The molecule has 0 aliphatic heterocycles. The standard InChI is InChI=1S/C10H18N2O5S/c1-7(12(15)16)6-9(13)11-8(4-5-18-3)10(14)17-2/h7-8H,4-6H2,1-3H3,(H,11,13)/t7?,8-/m0/s1. The van der Waals surface area contributed by atoms with Gasteiger partial charge in [0.15, 0.2) is 0 Å². The fourth-order valence-corrected chi connectivity index (χ4v) is 1.69. The van der Waals surface area contributed by atoms with Crippen LogP contribution in [0.5, 0.6) is 0 Å². The first-order chi connectivity index (χ1) is 8.42. The maximum Gasteiger partial charge on any atom is 0.328 e. The lowest BCUT2D eigenvalue weighted by molar-refractivity contribution is -0.516. The Kier molecular flexibility index (Phi) is 8.10. The molecule has 0 heterocycles. The van der Waals surface area contributed by atoms with Crippen LogP contribution in [0.15, 0.2) is 0 Å². The summed E-state index contributed by atoms with van der Waals surface area (Å²) in [7, 11) is 1.24. The Labute approximate surface area is 110 Å². The lowest BCUT2D eigenvalue weighted by atomic mass is 10.2. The quantitative estimate of drug-likeness (QED) is 0.393. The summed E-state index contributed by atoms with van der Waals surface area (Å²) in [5, 5.41) is 12.9. The topological polar surface area (TPSA) is 98.5 Å². The van der Waals surface area contributed by atoms with E-state index in [0.717, 1.165) is 0 Å². The molecule has 0 spiro atoms. The first-order valence-corrected chi connectivity index (χ1v) is 6.81. The Morgan fingerprint density at radius 3 is 2.56 bits per heavy atom. The van der Waals surface area contributed by atoms with Crippen molar-refractivity contribution in [2.45, 2.75) is 31.8 Å². The Balaban J connectivity index is 4.34. The molecule has 7 nitrogen and oxygen atoms in total. The fraction of sp³-hybridized carbons (Fsp3) is 0.800. The third kappa shape index (κ3) is 6.43. The monoisotopic (exact) mass is 278 g/mol. The van der Waals surface area contributed by atoms with Gasteiger partial charge in [0.2, 0.25) is 11.9 Å². The molecule has 0 bridgehead atoms. The number of hydrogen-bond donors (Lipinski definition) is 1. The van der Waals surface area contributed by atoms with Gasteiger partial charge >= 0.3 is 5.97 Å². The van der Waals surface area contributed by atoms with Gasteiger partial charge in [-0.15, -0.1) is 0 Å². The molecular formula is C10H18N2O5S. The van der Waals surface area contributed by atoms with Gasteiger partial charge in [-0.2, -0.15) is 11.8 Å². The zero-order valence-corrected chi connectivity index (χ0v) is 11.5. The Bertz CT molecular complexity index is 311. The summed E-state index contributed by atoms with van der Waals surface area (Å²) in [6, 6.07) is -1.71. The first-order valence-electron chi connectivity index (χ1n) is 5.42. The predicted octanol–water partition coefficient (Wildman–Crippen LogP) is 0.453. The number of nitro groups is 1. The molecule has 0 fully saturated rings. The zero-order chi connectivity index (χ0) is 14.1. The smallest absolute Gasteiger partial charge is 0.328 e.